The number of thiophene rings is 1. The predicted octanol–water partition coefficient (Wildman–Crippen LogP) is 2.05. The van der Waals surface area contributed by atoms with Crippen LogP contribution in [0.5, 0.6) is 5.75 Å². The van der Waals surface area contributed by atoms with Crippen molar-refractivity contribution in [2.45, 2.75) is 12.5 Å². The molecule has 0 amide bonds. The molecule has 0 aliphatic carbocycles. The first-order valence-electron chi connectivity index (χ1n) is 5.22. The van der Waals surface area contributed by atoms with Gasteiger partial charge >= 0.3 is 0 Å². The SMILES string of the molecule is CNC(c1cc(OC)cs1)C1CCOC1. The number of methoxy groups -OCH3 is 1. The third-order valence-corrected chi connectivity index (χ3v) is 3.88. The Labute approximate surface area is 94.4 Å². The Balaban J connectivity index is 2.10. The molecule has 15 heavy (non-hydrogen) atoms. The molecule has 0 bridgehead atoms. The molecule has 2 unspecified atom stereocenters. The monoisotopic (exact) mass is 227 g/mol. The lowest BCUT2D eigenvalue weighted by atomic mass is 9.98. The summed E-state index contributed by atoms with van der Waals surface area (Å²) in [7, 11) is 3.72. The highest BCUT2D eigenvalue weighted by molar-refractivity contribution is 7.10. The van der Waals surface area contributed by atoms with E-state index in [1.807, 2.05) is 7.05 Å². The molecule has 2 atom stereocenters. The molecular weight excluding hydrogens is 210 g/mol. The van der Waals surface area contributed by atoms with E-state index in [0.29, 0.717) is 12.0 Å². The largest absolute Gasteiger partial charge is 0.496 e. The van der Waals surface area contributed by atoms with Crippen LogP contribution in [-0.2, 0) is 4.74 Å². The molecular formula is C11H17NO2S. The van der Waals surface area contributed by atoms with Crippen molar-refractivity contribution in [3.8, 4) is 5.75 Å². The Bertz CT molecular complexity index is 307. The second kappa shape index (κ2) is 4.96. The molecule has 1 saturated heterocycles. The molecule has 84 valence electrons. The van der Waals surface area contributed by atoms with Crippen molar-refractivity contribution in [3.05, 3.63) is 16.3 Å². The van der Waals surface area contributed by atoms with Crippen LogP contribution in [-0.4, -0.2) is 27.4 Å². The van der Waals surface area contributed by atoms with Gasteiger partial charge in [-0.3, -0.25) is 0 Å². The fourth-order valence-corrected chi connectivity index (χ4v) is 3.09. The first kappa shape index (κ1) is 10.9. The van der Waals surface area contributed by atoms with Crippen molar-refractivity contribution >= 4 is 11.3 Å². The Morgan fingerprint density at radius 2 is 2.53 bits per heavy atom. The first-order chi connectivity index (χ1) is 7.35. The minimum absolute atomic E-state index is 0.404. The van der Waals surface area contributed by atoms with Crippen molar-refractivity contribution in [2.24, 2.45) is 5.92 Å². The molecule has 0 saturated carbocycles. The lowest BCUT2D eigenvalue weighted by Crippen LogP contribution is -2.24. The maximum absolute atomic E-state index is 5.43. The second-order valence-corrected chi connectivity index (χ2v) is 4.72. The highest BCUT2D eigenvalue weighted by Crippen LogP contribution is 2.34. The quantitative estimate of drug-likeness (QED) is 0.854. The molecule has 0 radical (unpaired) electrons. The Morgan fingerprint density at radius 1 is 1.67 bits per heavy atom. The summed E-state index contributed by atoms with van der Waals surface area (Å²) >= 11 is 1.75. The van der Waals surface area contributed by atoms with Crippen LogP contribution >= 0.6 is 11.3 Å². The minimum atomic E-state index is 0.404. The van der Waals surface area contributed by atoms with Crippen molar-refractivity contribution in [3.63, 3.8) is 0 Å². The number of hydrogen-bond acceptors (Lipinski definition) is 4. The van der Waals surface area contributed by atoms with E-state index >= 15 is 0 Å². The van der Waals surface area contributed by atoms with Gasteiger partial charge in [0.25, 0.3) is 0 Å². The van der Waals surface area contributed by atoms with Crippen LogP contribution in [0.2, 0.25) is 0 Å². The van der Waals surface area contributed by atoms with Crippen LogP contribution in [0.3, 0.4) is 0 Å². The summed E-state index contributed by atoms with van der Waals surface area (Å²) in [4.78, 5) is 1.34. The highest BCUT2D eigenvalue weighted by atomic mass is 32.1. The van der Waals surface area contributed by atoms with Crippen molar-refractivity contribution in [1.29, 1.82) is 0 Å². The van der Waals surface area contributed by atoms with Gasteiger partial charge < -0.3 is 14.8 Å². The Morgan fingerprint density at radius 3 is 3.07 bits per heavy atom. The van der Waals surface area contributed by atoms with Gasteiger partial charge in [0.05, 0.1) is 13.7 Å². The Kier molecular flexibility index (Phi) is 3.61. The van der Waals surface area contributed by atoms with Gasteiger partial charge in [-0.05, 0) is 19.5 Å². The van der Waals surface area contributed by atoms with Gasteiger partial charge in [0, 0.05) is 28.8 Å². The van der Waals surface area contributed by atoms with Gasteiger partial charge in [-0.2, -0.15) is 0 Å². The van der Waals surface area contributed by atoms with E-state index in [1.54, 1.807) is 18.4 Å². The number of nitrogens with one attached hydrogen (secondary N) is 1. The van der Waals surface area contributed by atoms with Crippen LogP contribution in [0.25, 0.3) is 0 Å². The molecule has 1 N–H and O–H groups in total. The number of rotatable bonds is 4. The molecule has 3 nitrogen and oxygen atoms in total. The zero-order valence-corrected chi connectivity index (χ0v) is 9.97. The smallest absolute Gasteiger partial charge is 0.129 e. The van der Waals surface area contributed by atoms with Gasteiger partial charge in [0.2, 0.25) is 0 Å². The van der Waals surface area contributed by atoms with Crippen LogP contribution in [0.1, 0.15) is 17.3 Å². The fourth-order valence-electron chi connectivity index (χ4n) is 2.03. The molecule has 0 aromatic carbocycles. The van der Waals surface area contributed by atoms with E-state index < -0.39 is 0 Å². The molecule has 2 heterocycles. The van der Waals surface area contributed by atoms with Gasteiger partial charge in [-0.15, -0.1) is 11.3 Å². The standard InChI is InChI=1S/C11H17NO2S/c1-12-11(8-3-4-14-6-8)10-5-9(13-2)7-15-10/h5,7-8,11-12H,3-4,6H2,1-2H3. The maximum atomic E-state index is 5.43. The predicted molar refractivity (Wildman–Crippen MR) is 61.6 cm³/mol. The van der Waals surface area contributed by atoms with E-state index in [2.05, 4.69) is 16.8 Å². The zero-order chi connectivity index (χ0) is 10.7. The summed E-state index contributed by atoms with van der Waals surface area (Å²) in [5.74, 6) is 1.55. The summed E-state index contributed by atoms with van der Waals surface area (Å²) < 4.78 is 10.6. The summed E-state index contributed by atoms with van der Waals surface area (Å²) in [6, 6.07) is 2.52. The van der Waals surface area contributed by atoms with E-state index in [-0.39, 0.29) is 0 Å². The second-order valence-electron chi connectivity index (χ2n) is 3.78. The van der Waals surface area contributed by atoms with Crippen molar-refractivity contribution in [1.82, 2.24) is 5.32 Å². The highest BCUT2D eigenvalue weighted by Gasteiger charge is 2.26. The zero-order valence-electron chi connectivity index (χ0n) is 9.16. The first-order valence-corrected chi connectivity index (χ1v) is 6.10. The lowest BCUT2D eigenvalue weighted by Gasteiger charge is -2.20. The van der Waals surface area contributed by atoms with Crippen LogP contribution < -0.4 is 10.1 Å². The van der Waals surface area contributed by atoms with Crippen LogP contribution in [0.15, 0.2) is 11.4 Å². The fraction of sp³-hybridized carbons (Fsp3) is 0.636. The van der Waals surface area contributed by atoms with Crippen molar-refractivity contribution < 1.29 is 9.47 Å². The third kappa shape index (κ3) is 2.33. The molecule has 4 heteroatoms. The Hall–Kier alpha value is -0.580. The molecule has 1 aromatic rings. The normalized spacial score (nSPS) is 22.9. The third-order valence-electron chi connectivity index (χ3n) is 2.89. The summed E-state index contributed by atoms with van der Waals surface area (Å²) in [5.41, 5.74) is 0. The maximum Gasteiger partial charge on any atom is 0.129 e. The van der Waals surface area contributed by atoms with Crippen molar-refractivity contribution in [2.75, 3.05) is 27.4 Å². The summed E-state index contributed by atoms with van der Waals surface area (Å²) in [6.45, 7) is 1.76. The lowest BCUT2D eigenvalue weighted by molar-refractivity contribution is 0.178. The topological polar surface area (TPSA) is 30.5 Å². The van der Waals surface area contributed by atoms with Gasteiger partial charge in [-0.25, -0.2) is 0 Å². The van der Waals surface area contributed by atoms with Gasteiger partial charge in [0.15, 0.2) is 0 Å². The molecule has 0 spiro atoms. The molecule has 1 aromatic heterocycles. The average molecular weight is 227 g/mol. The molecule has 1 aliphatic heterocycles. The van der Waals surface area contributed by atoms with E-state index in [1.165, 1.54) is 4.88 Å². The molecule has 1 fully saturated rings. The van der Waals surface area contributed by atoms with E-state index in [9.17, 15) is 0 Å². The average Bonchev–Trinajstić information content (AvgIpc) is 2.89. The minimum Gasteiger partial charge on any atom is -0.496 e. The van der Waals surface area contributed by atoms with Crippen LogP contribution in [0.4, 0.5) is 0 Å². The van der Waals surface area contributed by atoms with Crippen LogP contribution in [0, 0.1) is 5.92 Å². The number of hydrogen-bond donors (Lipinski definition) is 1. The summed E-state index contributed by atoms with van der Waals surface area (Å²) in [5, 5.41) is 5.42. The van der Waals surface area contributed by atoms with Gasteiger partial charge in [-0.1, -0.05) is 0 Å². The molecule has 2 rings (SSSR count). The van der Waals surface area contributed by atoms with E-state index in [0.717, 1.165) is 25.4 Å². The molecule has 1 aliphatic rings. The van der Waals surface area contributed by atoms with E-state index in [4.69, 9.17) is 9.47 Å². The summed E-state index contributed by atoms with van der Waals surface area (Å²) in [6.07, 6.45) is 1.14. The van der Waals surface area contributed by atoms with Gasteiger partial charge in [0.1, 0.15) is 5.75 Å². The number of ether oxygens (including phenoxy) is 2.